The first-order valence-electron chi connectivity index (χ1n) is 5.23. The third-order valence-corrected chi connectivity index (χ3v) is 3.14. The van der Waals surface area contributed by atoms with Crippen LogP contribution in [0.3, 0.4) is 0 Å². The minimum absolute atomic E-state index is 0.129. The van der Waals surface area contributed by atoms with Gasteiger partial charge < -0.3 is 5.11 Å². The lowest BCUT2D eigenvalue weighted by Crippen LogP contribution is -1.93. The lowest BCUT2D eigenvalue weighted by Gasteiger charge is -1.99. The van der Waals surface area contributed by atoms with Crippen LogP contribution in [0.2, 0.25) is 0 Å². The molecular weight excluding hydrogens is 232 g/mol. The molecule has 0 aliphatic rings. The topological polar surface area (TPSA) is 54.4 Å². The fourth-order valence-corrected chi connectivity index (χ4v) is 1.81. The smallest absolute Gasteiger partial charge is 0.303 e. The Bertz CT molecular complexity index is 195. The lowest BCUT2D eigenvalue weighted by atomic mass is 10.1. The van der Waals surface area contributed by atoms with E-state index in [1.54, 1.807) is 0 Å². The van der Waals surface area contributed by atoms with Crippen LogP contribution in [-0.4, -0.2) is 16.2 Å². The summed E-state index contributed by atoms with van der Waals surface area (Å²) in [6, 6.07) is 0. The van der Waals surface area contributed by atoms with Gasteiger partial charge in [-0.3, -0.25) is 9.59 Å². The third kappa shape index (κ3) is 11.8. The largest absolute Gasteiger partial charge is 0.481 e. The summed E-state index contributed by atoms with van der Waals surface area (Å²) in [4.78, 5) is 21.0. The first-order chi connectivity index (χ1) is 7.16. The van der Waals surface area contributed by atoms with E-state index in [9.17, 15) is 9.59 Å². The summed E-state index contributed by atoms with van der Waals surface area (Å²) in [5.41, 5.74) is 0. The summed E-state index contributed by atoms with van der Waals surface area (Å²) in [6.45, 7) is 0. The number of carbonyl (C=O) groups is 2. The van der Waals surface area contributed by atoms with E-state index in [0.29, 0.717) is 6.42 Å². The molecule has 0 radical (unpaired) electrons. The molecule has 0 aliphatic carbocycles. The van der Waals surface area contributed by atoms with Gasteiger partial charge in [-0.15, -0.1) is 11.7 Å². The predicted molar refractivity (Wildman–Crippen MR) is 66.2 cm³/mol. The van der Waals surface area contributed by atoms with Crippen molar-refractivity contribution in [2.75, 3.05) is 0 Å². The van der Waals surface area contributed by atoms with Gasteiger partial charge in [-0.05, 0) is 23.6 Å². The SMILES string of the molecule is O=C(O)CCCCCCCCC(=O)SS. The zero-order valence-corrected chi connectivity index (χ0v) is 10.5. The average Bonchev–Trinajstić information content (AvgIpc) is 2.21. The monoisotopic (exact) mass is 250 g/mol. The van der Waals surface area contributed by atoms with Crippen LogP contribution in [0.25, 0.3) is 0 Å². The van der Waals surface area contributed by atoms with Gasteiger partial charge in [0.1, 0.15) is 0 Å². The number of unbranched alkanes of at least 4 members (excludes halogenated alkanes) is 5. The van der Waals surface area contributed by atoms with Crippen LogP contribution >= 0.6 is 22.5 Å². The van der Waals surface area contributed by atoms with Gasteiger partial charge in [-0.25, -0.2) is 0 Å². The summed E-state index contributed by atoms with van der Waals surface area (Å²) in [7, 11) is 0.990. The standard InChI is InChI=1S/C10H18O3S2/c11-9(12)7-5-3-1-2-4-6-8-10(13)15-14/h14H,1-8H2,(H,11,12). The predicted octanol–water partition coefficient (Wildman–Crippen LogP) is 3.30. The molecule has 1 N–H and O–H groups in total. The van der Waals surface area contributed by atoms with Crippen molar-refractivity contribution in [1.82, 2.24) is 0 Å². The van der Waals surface area contributed by atoms with Crippen LogP contribution in [0, 0.1) is 0 Å². The number of carboxylic acids is 1. The molecule has 0 rings (SSSR count). The maximum Gasteiger partial charge on any atom is 0.303 e. The molecule has 0 saturated heterocycles. The van der Waals surface area contributed by atoms with Crippen LogP contribution in [0.15, 0.2) is 0 Å². The van der Waals surface area contributed by atoms with Crippen LogP contribution < -0.4 is 0 Å². The number of carbonyl (C=O) groups excluding carboxylic acids is 1. The number of aliphatic carboxylic acids is 1. The van der Waals surface area contributed by atoms with Gasteiger partial charge in [0.15, 0.2) is 5.12 Å². The summed E-state index contributed by atoms with van der Waals surface area (Å²) in [5.74, 6) is -0.716. The molecular formula is C10H18O3S2. The Morgan fingerprint density at radius 1 is 0.933 bits per heavy atom. The number of hydrogen-bond acceptors (Lipinski definition) is 4. The molecule has 0 spiro atoms. The van der Waals surface area contributed by atoms with Crippen molar-refractivity contribution < 1.29 is 14.7 Å². The van der Waals surface area contributed by atoms with E-state index in [1.807, 2.05) is 0 Å². The van der Waals surface area contributed by atoms with E-state index >= 15 is 0 Å². The summed E-state index contributed by atoms with van der Waals surface area (Å²) >= 11 is 3.82. The molecule has 88 valence electrons. The minimum atomic E-state index is -0.716. The van der Waals surface area contributed by atoms with E-state index < -0.39 is 5.97 Å². The van der Waals surface area contributed by atoms with Crippen molar-refractivity contribution in [2.45, 2.75) is 51.4 Å². The Morgan fingerprint density at radius 3 is 1.87 bits per heavy atom. The fourth-order valence-electron chi connectivity index (χ4n) is 1.30. The van der Waals surface area contributed by atoms with Crippen molar-refractivity contribution >= 4 is 33.5 Å². The maximum atomic E-state index is 10.8. The van der Waals surface area contributed by atoms with Gasteiger partial charge in [0, 0.05) is 12.8 Å². The molecule has 15 heavy (non-hydrogen) atoms. The Labute approximate surface area is 99.8 Å². The van der Waals surface area contributed by atoms with Gasteiger partial charge in [-0.2, -0.15) is 0 Å². The van der Waals surface area contributed by atoms with E-state index in [4.69, 9.17) is 5.11 Å². The van der Waals surface area contributed by atoms with Crippen LogP contribution in [-0.2, 0) is 9.59 Å². The number of thiol groups is 1. The van der Waals surface area contributed by atoms with Crippen molar-refractivity contribution in [1.29, 1.82) is 0 Å². The summed E-state index contributed by atoms with van der Waals surface area (Å²) in [6.07, 6.45) is 6.73. The van der Waals surface area contributed by atoms with E-state index in [-0.39, 0.29) is 11.5 Å². The molecule has 0 amide bonds. The Balaban J connectivity index is 3.05. The second kappa shape index (κ2) is 10.4. The third-order valence-electron chi connectivity index (χ3n) is 2.12. The molecule has 0 saturated carbocycles. The van der Waals surface area contributed by atoms with Gasteiger partial charge in [-0.1, -0.05) is 25.7 Å². The number of rotatable bonds is 9. The van der Waals surface area contributed by atoms with E-state index in [2.05, 4.69) is 11.7 Å². The quantitative estimate of drug-likeness (QED) is 0.374. The zero-order valence-electron chi connectivity index (χ0n) is 8.78. The Hall–Kier alpha value is -0.160. The summed E-state index contributed by atoms with van der Waals surface area (Å²) < 4.78 is 0. The molecule has 5 heteroatoms. The highest BCUT2D eigenvalue weighted by Gasteiger charge is 1.99. The maximum absolute atomic E-state index is 10.8. The van der Waals surface area contributed by atoms with Crippen molar-refractivity contribution in [3.05, 3.63) is 0 Å². The second-order valence-electron chi connectivity index (χ2n) is 3.48. The molecule has 0 aromatic heterocycles. The molecule has 3 nitrogen and oxygen atoms in total. The molecule has 0 bridgehead atoms. The molecule has 0 aromatic rings. The van der Waals surface area contributed by atoms with Gasteiger partial charge in [0.05, 0.1) is 0 Å². The average molecular weight is 250 g/mol. The number of hydrogen-bond donors (Lipinski definition) is 2. The highest BCUT2D eigenvalue weighted by atomic mass is 33.1. The molecule has 0 fully saturated rings. The Morgan fingerprint density at radius 2 is 1.40 bits per heavy atom. The van der Waals surface area contributed by atoms with Crippen LogP contribution in [0.4, 0.5) is 0 Å². The van der Waals surface area contributed by atoms with Crippen molar-refractivity contribution in [2.24, 2.45) is 0 Å². The first kappa shape index (κ1) is 14.8. The van der Waals surface area contributed by atoms with E-state index in [0.717, 1.165) is 49.3 Å². The van der Waals surface area contributed by atoms with Crippen LogP contribution in [0.5, 0.6) is 0 Å². The van der Waals surface area contributed by atoms with Gasteiger partial charge in [0.2, 0.25) is 0 Å². The van der Waals surface area contributed by atoms with E-state index in [1.165, 1.54) is 0 Å². The van der Waals surface area contributed by atoms with Crippen molar-refractivity contribution in [3.8, 4) is 0 Å². The molecule has 0 unspecified atom stereocenters. The Kier molecular flexibility index (Phi) is 10.3. The van der Waals surface area contributed by atoms with Gasteiger partial charge in [0.25, 0.3) is 0 Å². The highest BCUT2D eigenvalue weighted by Crippen LogP contribution is 2.14. The fraction of sp³-hybridized carbons (Fsp3) is 0.800. The molecule has 0 aliphatic heterocycles. The van der Waals surface area contributed by atoms with Crippen molar-refractivity contribution in [3.63, 3.8) is 0 Å². The van der Waals surface area contributed by atoms with Crippen LogP contribution in [0.1, 0.15) is 51.4 Å². The highest BCUT2D eigenvalue weighted by molar-refractivity contribution is 8.74. The lowest BCUT2D eigenvalue weighted by molar-refractivity contribution is -0.137. The zero-order chi connectivity index (χ0) is 11.5. The first-order valence-corrected chi connectivity index (χ1v) is 7.09. The normalized spacial score (nSPS) is 10.2. The molecule has 0 heterocycles. The molecule has 0 aromatic carbocycles. The minimum Gasteiger partial charge on any atom is -0.481 e. The summed E-state index contributed by atoms with van der Waals surface area (Å²) in [5, 5.41) is 8.52. The number of carboxylic acid groups (broad SMARTS) is 1. The second-order valence-corrected chi connectivity index (χ2v) is 4.66. The molecule has 0 atom stereocenters. The van der Waals surface area contributed by atoms with Gasteiger partial charge >= 0.3 is 5.97 Å².